The Hall–Kier alpha value is -2.39. The van der Waals surface area contributed by atoms with Crippen molar-refractivity contribution in [1.29, 1.82) is 0 Å². The number of anilines is 1. The Kier molecular flexibility index (Phi) is 6.85. The van der Waals surface area contributed by atoms with Crippen molar-refractivity contribution in [3.63, 3.8) is 0 Å². The van der Waals surface area contributed by atoms with E-state index in [1.54, 1.807) is 30.1 Å². The zero-order chi connectivity index (χ0) is 22.8. The van der Waals surface area contributed by atoms with Crippen LogP contribution < -0.4 is 10.5 Å². The molecule has 4 rings (SSSR count). The summed E-state index contributed by atoms with van der Waals surface area (Å²) in [5.41, 5.74) is 7.91. The molecule has 0 saturated carbocycles. The summed E-state index contributed by atoms with van der Waals surface area (Å²) in [7, 11) is 0. The van der Waals surface area contributed by atoms with Crippen molar-refractivity contribution in [3.05, 3.63) is 58.2 Å². The Balaban J connectivity index is 1.53. The minimum atomic E-state index is -0.664. The van der Waals surface area contributed by atoms with Crippen molar-refractivity contribution >= 4 is 29.0 Å². The van der Waals surface area contributed by atoms with Gasteiger partial charge < -0.3 is 20.3 Å². The van der Waals surface area contributed by atoms with E-state index in [4.69, 9.17) is 38.4 Å². The van der Waals surface area contributed by atoms with Crippen LogP contribution in [0.25, 0.3) is 11.1 Å². The first-order chi connectivity index (χ1) is 15.3. The number of aliphatic hydroxyl groups is 1. The normalized spacial score (nSPS) is 19.7. The molecule has 3 aromatic rings. The van der Waals surface area contributed by atoms with Crippen LogP contribution in [0.5, 0.6) is 5.75 Å². The van der Waals surface area contributed by atoms with E-state index in [9.17, 15) is 9.50 Å². The van der Waals surface area contributed by atoms with Gasteiger partial charge in [-0.1, -0.05) is 23.2 Å². The topological polar surface area (TPSA) is 95.4 Å². The zero-order valence-electron chi connectivity index (χ0n) is 17.3. The molecule has 1 aromatic carbocycles. The Morgan fingerprint density at radius 3 is 2.94 bits per heavy atom. The number of benzene rings is 1. The van der Waals surface area contributed by atoms with Gasteiger partial charge in [-0.05, 0) is 31.5 Å². The maximum atomic E-state index is 13.9. The van der Waals surface area contributed by atoms with Crippen molar-refractivity contribution < 1.29 is 19.0 Å². The van der Waals surface area contributed by atoms with Gasteiger partial charge in [-0.15, -0.1) is 0 Å². The summed E-state index contributed by atoms with van der Waals surface area (Å²) in [5, 5.41) is 14.7. The minimum absolute atomic E-state index is 0.0848. The summed E-state index contributed by atoms with van der Waals surface area (Å²) in [5.74, 6) is 0.00550. The van der Waals surface area contributed by atoms with Crippen LogP contribution in [0, 0.1) is 11.7 Å². The summed E-state index contributed by atoms with van der Waals surface area (Å²) >= 11 is 12.3. The zero-order valence-corrected chi connectivity index (χ0v) is 18.9. The number of nitrogen functional groups attached to an aromatic ring is 1. The summed E-state index contributed by atoms with van der Waals surface area (Å²) in [6, 6.07) is 4.37. The van der Waals surface area contributed by atoms with E-state index >= 15 is 0 Å². The fraction of sp³-hybridized carbons (Fsp3) is 0.364. The molecule has 2 unspecified atom stereocenters. The number of hydrogen-bond acceptors (Lipinski definition) is 6. The molecule has 0 spiro atoms. The molecule has 0 radical (unpaired) electrons. The lowest BCUT2D eigenvalue weighted by Gasteiger charge is -2.27. The van der Waals surface area contributed by atoms with Crippen molar-refractivity contribution in [1.82, 2.24) is 14.8 Å². The largest absolute Gasteiger partial charge is 0.482 e. The molecule has 170 valence electrons. The molecule has 3 atom stereocenters. The molecule has 32 heavy (non-hydrogen) atoms. The van der Waals surface area contributed by atoms with Gasteiger partial charge in [-0.25, -0.2) is 9.37 Å². The van der Waals surface area contributed by atoms with Crippen molar-refractivity contribution in [2.24, 2.45) is 5.92 Å². The second-order valence-electron chi connectivity index (χ2n) is 7.77. The van der Waals surface area contributed by atoms with Gasteiger partial charge in [0.1, 0.15) is 11.9 Å². The molecular weight excluding hydrogens is 458 g/mol. The molecule has 0 bridgehead atoms. The Morgan fingerprint density at radius 1 is 1.34 bits per heavy atom. The van der Waals surface area contributed by atoms with Crippen LogP contribution in [-0.2, 0) is 11.3 Å². The number of hydrogen-bond donors (Lipinski definition) is 2. The van der Waals surface area contributed by atoms with Crippen molar-refractivity contribution in [2.45, 2.75) is 32.1 Å². The van der Waals surface area contributed by atoms with E-state index in [0.29, 0.717) is 36.1 Å². The standard InChI is InChI=1S/C22H23Cl2FN4O3/c1-12(20-16(23)2-3-17(25)21(20)24)32-19-6-14(7-27-22(19)26)15-8-28-29(10-15)9-13-4-5-31-11-18(13)30/h2-3,6-8,10,12-13,18,30H,4-5,9,11H2,1H3,(H2,26,27)/t12-,13?,18?/m1/s1. The van der Waals surface area contributed by atoms with Gasteiger partial charge >= 0.3 is 0 Å². The van der Waals surface area contributed by atoms with Crippen LogP contribution >= 0.6 is 23.2 Å². The molecule has 1 saturated heterocycles. The third-order valence-electron chi connectivity index (χ3n) is 5.53. The second kappa shape index (κ2) is 9.62. The molecule has 2 aromatic heterocycles. The molecule has 1 aliphatic rings. The number of nitrogens with two attached hydrogens (primary N) is 1. The number of aliphatic hydroxyl groups excluding tert-OH is 1. The van der Waals surface area contributed by atoms with Gasteiger partial charge in [0, 0.05) is 53.2 Å². The fourth-order valence-electron chi connectivity index (χ4n) is 3.71. The third kappa shape index (κ3) is 4.83. The Morgan fingerprint density at radius 2 is 2.16 bits per heavy atom. The highest BCUT2D eigenvalue weighted by atomic mass is 35.5. The van der Waals surface area contributed by atoms with E-state index in [0.717, 1.165) is 17.5 Å². The number of pyridine rings is 1. The first-order valence-electron chi connectivity index (χ1n) is 10.2. The number of halogens is 3. The maximum absolute atomic E-state index is 13.9. The lowest BCUT2D eigenvalue weighted by molar-refractivity contribution is -0.0492. The highest BCUT2D eigenvalue weighted by molar-refractivity contribution is 6.36. The second-order valence-corrected chi connectivity index (χ2v) is 8.55. The molecular formula is C22H23Cl2FN4O3. The van der Waals surface area contributed by atoms with Gasteiger partial charge in [0.2, 0.25) is 0 Å². The van der Waals surface area contributed by atoms with Crippen LogP contribution in [-0.4, -0.2) is 39.2 Å². The molecule has 10 heteroatoms. The smallest absolute Gasteiger partial charge is 0.166 e. The van der Waals surface area contributed by atoms with Crippen LogP contribution in [0.2, 0.25) is 10.0 Å². The summed E-state index contributed by atoms with van der Waals surface area (Å²) in [6.07, 6.45) is 4.83. The highest BCUT2D eigenvalue weighted by Crippen LogP contribution is 2.37. The van der Waals surface area contributed by atoms with Crippen molar-refractivity contribution in [2.75, 3.05) is 18.9 Å². The average molecular weight is 481 g/mol. The van der Waals surface area contributed by atoms with E-state index < -0.39 is 18.0 Å². The molecule has 3 N–H and O–H groups in total. The van der Waals surface area contributed by atoms with Gasteiger partial charge in [0.05, 0.1) is 23.9 Å². The molecule has 7 nitrogen and oxygen atoms in total. The molecule has 3 heterocycles. The number of rotatable bonds is 6. The lowest BCUT2D eigenvalue weighted by Crippen LogP contribution is -2.34. The monoisotopic (exact) mass is 480 g/mol. The summed E-state index contributed by atoms with van der Waals surface area (Å²) < 4.78 is 26.9. The van der Waals surface area contributed by atoms with E-state index in [-0.39, 0.29) is 16.8 Å². The van der Waals surface area contributed by atoms with E-state index in [2.05, 4.69) is 10.1 Å². The van der Waals surface area contributed by atoms with Gasteiger partial charge in [-0.2, -0.15) is 5.10 Å². The van der Waals surface area contributed by atoms with Crippen LogP contribution in [0.1, 0.15) is 25.0 Å². The Bertz CT molecular complexity index is 1110. The average Bonchev–Trinajstić information content (AvgIpc) is 3.23. The fourth-order valence-corrected chi connectivity index (χ4v) is 4.38. The molecule has 1 aliphatic heterocycles. The highest BCUT2D eigenvalue weighted by Gasteiger charge is 2.24. The first-order valence-corrected chi connectivity index (χ1v) is 10.9. The van der Waals surface area contributed by atoms with E-state index in [1.807, 2.05) is 6.20 Å². The van der Waals surface area contributed by atoms with Crippen LogP contribution in [0.3, 0.4) is 0 Å². The predicted octanol–water partition coefficient (Wildman–Crippen LogP) is 4.51. The maximum Gasteiger partial charge on any atom is 0.166 e. The van der Waals surface area contributed by atoms with Crippen molar-refractivity contribution in [3.8, 4) is 16.9 Å². The van der Waals surface area contributed by atoms with Crippen LogP contribution in [0.4, 0.5) is 10.2 Å². The number of nitrogens with zero attached hydrogens (tertiary/aromatic N) is 3. The summed E-state index contributed by atoms with van der Waals surface area (Å²) in [4.78, 5) is 4.22. The lowest BCUT2D eigenvalue weighted by atomic mass is 9.97. The summed E-state index contributed by atoms with van der Waals surface area (Å²) in [6.45, 7) is 3.27. The minimum Gasteiger partial charge on any atom is -0.482 e. The molecule has 0 aliphatic carbocycles. The number of aromatic nitrogens is 3. The molecule has 1 fully saturated rings. The first kappa shape index (κ1) is 22.8. The quantitative estimate of drug-likeness (QED) is 0.503. The van der Waals surface area contributed by atoms with E-state index in [1.165, 1.54) is 12.1 Å². The number of ether oxygens (including phenoxy) is 2. The van der Waals surface area contributed by atoms with Gasteiger partial charge in [-0.3, -0.25) is 4.68 Å². The Labute approximate surface area is 194 Å². The predicted molar refractivity (Wildman–Crippen MR) is 120 cm³/mol. The molecule has 0 amide bonds. The van der Waals surface area contributed by atoms with Gasteiger partial charge in [0.25, 0.3) is 0 Å². The third-order valence-corrected chi connectivity index (χ3v) is 6.24. The SMILES string of the molecule is C[C@@H](Oc1cc(-c2cnn(CC3CCOCC3O)c2)cnc1N)c1c(Cl)ccc(F)c1Cl. The van der Waals surface area contributed by atoms with Crippen LogP contribution in [0.15, 0.2) is 36.8 Å². The van der Waals surface area contributed by atoms with Gasteiger partial charge in [0.15, 0.2) is 11.6 Å².